The summed E-state index contributed by atoms with van der Waals surface area (Å²) in [6, 6.07) is 12.4. The maximum atomic E-state index is 13.0. The highest BCUT2D eigenvalue weighted by atomic mass is 19.1. The number of amides is 1. The third kappa shape index (κ3) is 3.31. The van der Waals surface area contributed by atoms with Crippen molar-refractivity contribution in [3.05, 3.63) is 59.4 Å². The lowest BCUT2D eigenvalue weighted by Gasteiger charge is -2.39. The van der Waals surface area contributed by atoms with Gasteiger partial charge in [-0.1, -0.05) is 12.1 Å². The molecule has 2 aromatic carbocycles. The Balaban J connectivity index is 1.22. The summed E-state index contributed by atoms with van der Waals surface area (Å²) < 4.78 is 13.0. The quantitative estimate of drug-likeness (QED) is 0.791. The summed E-state index contributed by atoms with van der Waals surface area (Å²) in [6.45, 7) is 3.25. The van der Waals surface area contributed by atoms with Crippen molar-refractivity contribution in [3.8, 4) is 0 Å². The molecule has 0 aromatic heterocycles. The van der Waals surface area contributed by atoms with Gasteiger partial charge >= 0.3 is 0 Å². The first-order valence-electron chi connectivity index (χ1n) is 10.3. The summed E-state index contributed by atoms with van der Waals surface area (Å²) in [7, 11) is 0. The number of hydrogen-bond acceptors (Lipinski definition) is 4. The van der Waals surface area contributed by atoms with Gasteiger partial charge < -0.3 is 15.1 Å². The fraction of sp³-hybridized carbons (Fsp3) is 0.391. The normalized spacial score (nSPS) is 22.8. The molecule has 1 unspecified atom stereocenters. The molecule has 2 aromatic rings. The van der Waals surface area contributed by atoms with E-state index in [0.717, 1.165) is 38.2 Å². The van der Waals surface area contributed by atoms with Crippen LogP contribution in [0.2, 0.25) is 0 Å². The zero-order chi connectivity index (χ0) is 20.0. The number of fused-ring (bicyclic) bond motifs is 3. The Labute approximate surface area is 169 Å². The number of carbonyl (C=O) groups is 2. The zero-order valence-corrected chi connectivity index (χ0v) is 16.2. The molecule has 0 bridgehead atoms. The van der Waals surface area contributed by atoms with Gasteiger partial charge in [0.25, 0.3) is 0 Å². The second kappa shape index (κ2) is 7.26. The van der Waals surface area contributed by atoms with Crippen LogP contribution in [-0.4, -0.2) is 48.8 Å². The van der Waals surface area contributed by atoms with E-state index in [2.05, 4.69) is 21.2 Å². The summed E-state index contributed by atoms with van der Waals surface area (Å²) in [5, 5.41) is 3.00. The molecule has 3 heterocycles. The van der Waals surface area contributed by atoms with Crippen molar-refractivity contribution in [1.82, 2.24) is 4.90 Å². The van der Waals surface area contributed by atoms with Gasteiger partial charge in [0.05, 0.1) is 17.9 Å². The fourth-order valence-electron chi connectivity index (χ4n) is 5.12. The fourth-order valence-corrected chi connectivity index (χ4v) is 5.12. The molecule has 0 aliphatic carbocycles. The van der Waals surface area contributed by atoms with Crippen molar-refractivity contribution in [1.29, 1.82) is 0 Å². The molecule has 1 amide bonds. The number of nitrogens with one attached hydrogen (secondary N) is 1. The number of Topliss-reactive ketones (excluding diaryl/α,β-unsaturated/α-hetero) is 1. The molecule has 5 rings (SSSR count). The Morgan fingerprint density at radius 2 is 2.00 bits per heavy atom. The van der Waals surface area contributed by atoms with Gasteiger partial charge in [0.15, 0.2) is 5.78 Å². The van der Waals surface area contributed by atoms with Gasteiger partial charge in [0.1, 0.15) is 5.82 Å². The van der Waals surface area contributed by atoms with Crippen LogP contribution in [0.3, 0.4) is 0 Å². The summed E-state index contributed by atoms with van der Waals surface area (Å²) in [6.07, 6.45) is 2.30. The lowest BCUT2D eigenvalue weighted by atomic mass is 9.89. The average molecular weight is 393 g/mol. The van der Waals surface area contributed by atoms with Crippen molar-refractivity contribution in [2.45, 2.75) is 31.2 Å². The van der Waals surface area contributed by atoms with E-state index in [1.807, 2.05) is 12.1 Å². The number of piperidine rings is 1. The number of likely N-dealkylation sites (tertiary alicyclic amines) is 1. The predicted octanol–water partition coefficient (Wildman–Crippen LogP) is 3.42. The predicted molar refractivity (Wildman–Crippen MR) is 110 cm³/mol. The molecule has 3 aliphatic heterocycles. The number of ketones is 1. The second-order valence-corrected chi connectivity index (χ2v) is 8.22. The van der Waals surface area contributed by atoms with E-state index in [-0.39, 0.29) is 17.5 Å². The van der Waals surface area contributed by atoms with Crippen LogP contribution < -0.4 is 10.2 Å². The van der Waals surface area contributed by atoms with Gasteiger partial charge in [-0.15, -0.1) is 0 Å². The maximum Gasteiger partial charge on any atom is 0.243 e. The maximum absolute atomic E-state index is 13.0. The highest BCUT2D eigenvalue weighted by Crippen LogP contribution is 2.49. The SMILES string of the molecule is O=C1CN2c3c(cccc3[C@@H]3CN(CCCC(=O)c4ccc(F)cc4)CCC32)N1. The van der Waals surface area contributed by atoms with E-state index >= 15 is 0 Å². The molecule has 0 radical (unpaired) electrons. The number of rotatable bonds is 5. The molecule has 2 atom stereocenters. The van der Waals surface area contributed by atoms with Gasteiger partial charge in [-0.25, -0.2) is 4.39 Å². The number of nitrogens with zero attached hydrogens (tertiary/aromatic N) is 2. The Morgan fingerprint density at radius 3 is 2.83 bits per heavy atom. The first-order valence-corrected chi connectivity index (χ1v) is 10.3. The van der Waals surface area contributed by atoms with Crippen LogP contribution in [0.4, 0.5) is 15.8 Å². The molecule has 29 heavy (non-hydrogen) atoms. The van der Waals surface area contributed by atoms with Crippen LogP contribution in [0, 0.1) is 5.82 Å². The molecular weight excluding hydrogens is 369 g/mol. The van der Waals surface area contributed by atoms with Gasteiger partial charge in [0, 0.05) is 37.0 Å². The third-order valence-corrected chi connectivity index (χ3v) is 6.45. The van der Waals surface area contributed by atoms with E-state index < -0.39 is 0 Å². The van der Waals surface area contributed by atoms with Gasteiger partial charge in [-0.05, 0) is 55.3 Å². The van der Waals surface area contributed by atoms with Crippen molar-refractivity contribution < 1.29 is 14.0 Å². The van der Waals surface area contributed by atoms with Crippen molar-refractivity contribution >= 4 is 23.1 Å². The molecule has 150 valence electrons. The molecule has 3 aliphatic rings. The second-order valence-electron chi connectivity index (χ2n) is 8.22. The standard InChI is InChI=1S/C23H24FN3O2/c24-16-8-6-15(7-9-16)21(28)5-2-11-26-12-10-20-18(13-26)17-3-1-4-19-23(17)27(20)14-22(29)25-19/h1,3-4,6-9,18,20H,2,5,10-14H2,(H,25,29)/t18-,20?/m0/s1. The van der Waals surface area contributed by atoms with E-state index in [4.69, 9.17) is 0 Å². The smallest absolute Gasteiger partial charge is 0.243 e. The highest BCUT2D eigenvalue weighted by Gasteiger charge is 2.44. The Morgan fingerprint density at radius 1 is 1.17 bits per heavy atom. The van der Waals surface area contributed by atoms with Gasteiger partial charge in [-0.3, -0.25) is 9.59 Å². The molecule has 0 spiro atoms. The lowest BCUT2D eigenvalue weighted by molar-refractivity contribution is -0.115. The van der Waals surface area contributed by atoms with Crippen molar-refractivity contribution in [3.63, 3.8) is 0 Å². The van der Waals surface area contributed by atoms with Crippen LogP contribution in [-0.2, 0) is 4.79 Å². The van der Waals surface area contributed by atoms with Crippen LogP contribution in [0.5, 0.6) is 0 Å². The van der Waals surface area contributed by atoms with Crippen LogP contribution in [0.25, 0.3) is 0 Å². The minimum Gasteiger partial charge on any atom is -0.357 e. The molecule has 1 fully saturated rings. The molecule has 6 heteroatoms. The topological polar surface area (TPSA) is 52.7 Å². The third-order valence-electron chi connectivity index (χ3n) is 6.45. The number of anilines is 2. The zero-order valence-electron chi connectivity index (χ0n) is 16.2. The van der Waals surface area contributed by atoms with Crippen molar-refractivity contribution in [2.24, 2.45) is 0 Å². The largest absolute Gasteiger partial charge is 0.357 e. The van der Waals surface area contributed by atoms with E-state index in [1.165, 1.54) is 23.4 Å². The summed E-state index contributed by atoms with van der Waals surface area (Å²) in [4.78, 5) is 29.1. The Kier molecular flexibility index (Phi) is 4.59. The van der Waals surface area contributed by atoms with Gasteiger partial charge in [0.2, 0.25) is 5.91 Å². The highest BCUT2D eigenvalue weighted by molar-refractivity contribution is 6.03. The molecule has 1 saturated heterocycles. The minimum atomic E-state index is -0.320. The molecule has 1 N–H and O–H groups in total. The summed E-state index contributed by atoms with van der Waals surface area (Å²) in [5.41, 5.74) is 4.05. The average Bonchev–Trinajstić information content (AvgIpc) is 3.03. The molecule has 5 nitrogen and oxygen atoms in total. The summed E-state index contributed by atoms with van der Waals surface area (Å²) in [5.74, 6) is 0.216. The number of hydrogen-bond donors (Lipinski definition) is 1. The number of benzene rings is 2. The van der Waals surface area contributed by atoms with Crippen LogP contribution in [0.1, 0.15) is 41.1 Å². The first-order chi connectivity index (χ1) is 14.1. The molecule has 0 saturated carbocycles. The lowest BCUT2D eigenvalue weighted by Crippen LogP contribution is -2.49. The van der Waals surface area contributed by atoms with Crippen LogP contribution >= 0.6 is 0 Å². The number of para-hydroxylation sites is 1. The summed E-state index contributed by atoms with van der Waals surface area (Å²) >= 11 is 0. The Hall–Kier alpha value is -2.73. The van der Waals surface area contributed by atoms with Crippen LogP contribution in [0.15, 0.2) is 42.5 Å². The van der Waals surface area contributed by atoms with Gasteiger partial charge in [-0.2, -0.15) is 0 Å². The Bertz CT molecular complexity index is 959. The minimum absolute atomic E-state index is 0.0667. The van der Waals surface area contributed by atoms with Crippen molar-refractivity contribution in [2.75, 3.05) is 36.4 Å². The number of halogens is 1. The van der Waals surface area contributed by atoms with E-state index in [1.54, 1.807) is 12.1 Å². The first kappa shape index (κ1) is 18.3. The monoisotopic (exact) mass is 393 g/mol. The molecular formula is C23H24FN3O2. The van der Waals surface area contributed by atoms with E-state index in [0.29, 0.717) is 30.5 Å². The van der Waals surface area contributed by atoms with E-state index in [9.17, 15) is 14.0 Å². The number of carbonyl (C=O) groups excluding carboxylic acids is 2.